The average Bonchev–Trinajstić information content (AvgIpc) is 2.67. The molecule has 0 saturated carbocycles. The van der Waals surface area contributed by atoms with Gasteiger partial charge in [0.15, 0.2) is 5.03 Å². The van der Waals surface area contributed by atoms with Gasteiger partial charge in [0.25, 0.3) is 10.0 Å². The summed E-state index contributed by atoms with van der Waals surface area (Å²) in [5.41, 5.74) is 0.774. The second-order valence-electron chi connectivity index (χ2n) is 4.01. The van der Waals surface area contributed by atoms with E-state index in [0.29, 0.717) is 22.4 Å². The molecule has 0 radical (unpaired) electrons. The minimum Gasteiger partial charge on any atom is -0.329 e. The summed E-state index contributed by atoms with van der Waals surface area (Å²) in [4.78, 5) is 3.90. The number of benzene rings is 1. The number of primary sulfonamides is 1. The van der Waals surface area contributed by atoms with Gasteiger partial charge in [0.05, 0.1) is 16.6 Å². The van der Waals surface area contributed by atoms with Gasteiger partial charge >= 0.3 is 0 Å². The molecule has 2 rings (SSSR count). The highest BCUT2D eigenvalue weighted by Crippen LogP contribution is 2.26. The molecule has 0 bridgehead atoms. The number of halogens is 2. The number of rotatable bonds is 3. The number of nitrogens with two attached hydrogens (primary N) is 1. The standard InChI is InChI=1S/C11H11Cl2N3O2S/c1-7-15-10(19(14,17)18)6-16(7)5-8-3-2-4-9(12)11(8)13/h2-4,6H,5H2,1H3,(H2,14,17,18). The Hall–Kier alpha value is -1.08. The van der Waals surface area contributed by atoms with Crippen molar-refractivity contribution < 1.29 is 8.42 Å². The molecule has 8 heteroatoms. The Morgan fingerprint density at radius 1 is 1.37 bits per heavy atom. The fourth-order valence-corrected chi connectivity index (χ4v) is 2.54. The Kier molecular flexibility index (Phi) is 3.87. The van der Waals surface area contributed by atoms with Crippen molar-refractivity contribution in [3.8, 4) is 0 Å². The number of sulfonamides is 1. The van der Waals surface area contributed by atoms with E-state index in [2.05, 4.69) is 4.98 Å². The van der Waals surface area contributed by atoms with Crippen molar-refractivity contribution in [3.63, 3.8) is 0 Å². The molecular weight excluding hydrogens is 309 g/mol. The zero-order chi connectivity index (χ0) is 14.2. The molecule has 0 spiro atoms. The van der Waals surface area contributed by atoms with Gasteiger partial charge in [0.1, 0.15) is 5.82 Å². The molecule has 1 aromatic carbocycles. The Morgan fingerprint density at radius 2 is 2.05 bits per heavy atom. The first kappa shape index (κ1) is 14.3. The van der Waals surface area contributed by atoms with E-state index in [0.717, 1.165) is 5.56 Å². The zero-order valence-corrected chi connectivity index (χ0v) is 12.3. The number of aryl methyl sites for hydroxylation is 1. The van der Waals surface area contributed by atoms with Crippen LogP contribution in [0.15, 0.2) is 29.4 Å². The van der Waals surface area contributed by atoms with Crippen LogP contribution in [0.25, 0.3) is 0 Å². The van der Waals surface area contributed by atoms with Gasteiger partial charge in [-0.05, 0) is 18.6 Å². The van der Waals surface area contributed by atoms with Crippen LogP contribution in [0.1, 0.15) is 11.4 Å². The van der Waals surface area contributed by atoms with E-state index in [1.165, 1.54) is 6.20 Å². The Bertz CT molecular complexity index is 726. The Morgan fingerprint density at radius 3 is 2.63 bits per heavy atom. The van der Waals surface area contributed by atoms with Gasteiger partial charge in [0, 0.05) is 6.20 Å². The molecule has 19 heavy (non-hydrogen) atoms. The third kappa shape index (κ3) is 3.09. The summed E-state index contributed by atoms with van der Waals surface area (Å²) in [6.07, 6.45) is 1.38. The molecule has 2 aromatic rings. The van der Waals surface area contributed by atoms with Crippen molar-refractivity contribution in [2.45, 2.75) is 18.5 Å². The highest BCUT2D eigenvalue weighted by Gasteiger charge is 2.15. The molecule has 0 aliphatic carbocycles. The summed E-state index contributed by atoms with van der Waals surface area (Å²) in [6.45, 7) is 2.06. The summed E-state index contributed by atoms with van der Waals surface area (Å²) < 4.78 is 24.1. The van der Waals surface area contributed by atoms with E-state index in [1.54, 1.807) is 23.6 Å². The summed E-state index contributed by atoms with van der Waals surface area (Å²) in [5.74, 6) is 0.528. The second-order valence-corrected chi connectivity index (χ2v) is 6.31. The van der Waals surface area contributed by atoms with E-state index >= 15 is 0 Å². The van der Waals surface area contributed by atoms with Gasteiger partial charge in [0.2, 0.25) is 0 Å². The van der Waals surface area contributed by atoms with Crippen LogP contribution in [0.3, 0.4) is 0 Å². The van der Waals surface area contributed by atoms with Crippen molar-refractivity contribution in [1.29, 1.82) is 0 Å². The number of hydrogen-bond acceptors (Lipinski definition) is 3. The summed E-state index contributed by atoms with van der Waals surface area (Å²) in [5, 5.41) is 5.76. The van der Waals surface area contributed by atoms with Crippen LogP contribution in [-0.4, -0.2) is 18.0 Å². The van der Waals surface area contributed by atoms with Crippen LogP contribution in [0, 0.1) is 6.92 Å². The molecular formula is C11H11Cl2N3O2S. The molecule has 0 aliphatic rings. The van der Waals surface area contributed by atoms with E-state index < -0.39 is 10.0 Å². The summed E-state index contributed by atoms with van der Waals surface area (Å²) in [7, 11) is -3.81. The van der Waals surface area contributed by atoms with Crippen molar-refractivity contribution in [3.05, 3.63) is 45.8 Å². The Labute approximate surface area is 121 Å². The lowest BCUT2D eigenvalue weighted by atomic mass is 10.2. The number of nitrogens with zero attached hydrogens (tertiary/aromatic N) is 2. The average molecular weight is 320 g/mol. The summed E-state index contributed by atoms with van der Waals surface area (Å²) >= 11 is 12.0. The fraction of sp³-hybridized carbons (Fsp3) is 0.182. The van der Waals surface area contributed by atoms with E-state index in [4.69, 9.17) is 28.3 Å². The van der Waals surface area contributed by atoms with Gasteiger partial charge in [-0.3, -0.25) is 0 Å². The smallest absolute Gasteiger partial charge is 0.257 e. The number of aromatic nitrogens is 2. The van der Waals surface area contributed by atoms with Gasteiger partial charge < -0.3 is 4.57 Å². The van der Waals surface area contributed by atoms with Crippen molar-refractivity contribution >= 4 is 33.2 Å². The normalized spacial score (nSPS) is 11.8. The molecule has 5 nitrogen and oxygen atoms in total. The predicted octanol–water partition coefficient (Wildman–Crippen LogP) is 2.19. The molecule has 0 saturated heterocycles. The van der Waals surface area contributed by atoms with Gasteiger partial charge in [-0.25, -0.2) is 18.5 Å². The lowest BCUT2D eigenvalue weighted by molar-refractivity contribution is 0.594. The third-order valence-corrected chi connectivity index (χ3v) is 4.26. The van der Waals surface area contributed by atoms with Crippen LogP contribution in [0.5, 0.6) is 0 Å². The minimum absolute atomic E-state index is 0.164. The highest BCUT2D eigenvalue weighted by molar-refractivity contribution is 7.89. The van der Waals surface area contributed by atoms with Gasteiger partial charge in [-0.2, -0.15) is 0 Å². The van der Waals surface area contributed by atoms with E-state index in [1.807, 2.05) is 6.07 Å². The molecule has 1 heterocycles. The third-order valence-electron chi connectivity index (χ3n) is 2.62. The first-order valence-electron chi connectivity index (χ1n) is 5.28. The number of imidazole rings is 1. The molecule has 0 fully saturated rings. The molecule has 0 aliphatic heterocycles. The molecule has 0 unspecified atom stereocenters. The van der Waals surface area contributed by atoms with E-state index in [9.17, 15) is 8.42 Å². The number of hydrogen-bond donors (Lipinski definition) is 1. The maximum Gasteiger partial charge on any atom is 0.257 e. The molecule has 0 amide bonds. The van der Waals surface area contributed by atoms with Crippen molar-refractivity contribution in [2.24, 2.45) is 5.14 Å². The topological polar surface area (TPSA) is 78.0 Å². The van der Waals surface area contributed by atoms with Gasteiger partial charge in [-0.1, -0.05) is 35.3 Å². The molecule has 102 valence electrons. The molecule has 0 atom stereocenters. The monoisotopic (exact) mass is 319 g/mol. The first-order valence-corrected chi connectivity index (χ1v) is 7.58. The lowest BCUT2D eigenvalue weighted by Crippen LogP contribution is -2.12. The van der Waals surface area contributed by atoms with Gasteiger partial charge in [-0.15, -0.1) is 0 Å². The first-order chi connectivity index (χ1) is 8.79. The summed E-state index contributed by atoms with van der Waals surface area (Å²) in [6, 6.07) is 5.27. The van der Waals surface area contributed by atoms with Crippen molar-refractivity contribution in [2.75, 3.05) is 0 Å². The molecule has 2 N–H and O–H groups in total. The maximum absolute atomic E-state index is 11.2. The van der Waals surface area contributed by atoms with Crippen LogP contribution in [0.2, 0.25) is 10.0 Å². The van der Waals surface area contributed by atoms with Crippen LogP contribution in [0.4, 0.5) is 0 Å². The quantitative estimate of drug-likeness (QED) is 0.941. The SMILES string of the molecule is Cc1nc(S(N)(=O)=O)cn1Cc1cccc(Cl)c1Cl. The van der Waals surface area contributed by atoms with Crippen LogP contribution in [-0.2, 0) is 16.6 Å². The van der Waals surface area contributed by atoms with E-state index in [-0.39, 0.29) is 5.03 Å². The second kappa shape index (κ2) is 5.13. The van der Waals surface area contributed by atoms with Crippen LogP contribution < -0.4 is 5.14 Å². The largest absolute Gasteiger partial charge is 0.329 e. The zero-order valence-electron chi connectivity index (χ0n) is 9.97. The minimum atomic E-state index is -3.81. The maximum atomic E-state index is 11.2. The van der Waals surface area contributed by atoms with Crippen molar-refractivity contribution in [1.82, 2.24) is 9.55 Å². The van der Waals surface area contributed by atoms with Crippen LogP contribution >= 0.6 is 23.2 Å². The fourth-order valence-electron chi connectivity index (χ4n) is 1.63. The Balaban J connectivity index is 2.39. The molecule has 1 aromatic heterocycles. The predicted molar refractivity (Wildman–Crippen MR) is 73.9 cm³/mol. The highest BCUT2D eigenvalue weighted by atomic mass is 35.5. The lowest BCUT2D eigenvalue weighted by Gasteiger charge is -2.07.